The summed E-state index contributed by atoms with van der Waals surface area (Å²) < 4.78 is 7.80. The molecule has 0 aliphatic carbocycles. The number of morpholine rings is 1. The molecule has 1 N–H and O–H groups in total. The molecule has 1 aromatic carbocycles. The van der Waals surface area contributed by atoms with Crippen LogP contribution in [0.3, 0.4) is 0 Å². The minimum atomic E-state index is -0.734. The lowest BCUT2D eigenvalue weighted by atomic mass is 9.91. The fourth-order valence-electron chi connectivity index (χ4n) is 3.46. The van der Waals surface area contributed by atoms with Crippen molar-refractivity contribution in [1.82, 2.24) is 14.7 Å². The van der Waals surface area contributed by atoms with Gasteiger partial charge >= 0.3 is 0 Å². The average Bonchev–Trinajstić information content (AvgIpc) is 3.07. The largest absolute Gasteiger partial charge is 0.393 e. The van der Waals surface area contributed by atoms with Crippen molar-refractivity contribution in [3.05, 3.63) is 53.3 Å². The molecular formula is C20H27N3O3. The summed E-state index contributed by atoms with van der Waals surface area (Å²) >= 11 is 0. The monoisotopic (exact) mass is 357 g/mol. The van der Waals surface area contributed by atoms with E-state index in [0.29, 0.717) is 39.1 Å². The van der Waals surface area contributed by atoms with Crippen molar-refractivity contribution in [2.45, 2.75) is 38.8 Å². The maximum absolute atomic E-state index is 12.7. The standard InChI is InChI=1S/C20H27N3O3/c1-16-5-3-4-6-18(16)13-20(15-24)14-22(11-12-26-20)19(25)8-10-23-17(2)7-9-21-23/h3-7,9,24H,8,10-15H2,1-2H3/t20-/m0/s1. The van der Waals surface area contributed by atoms with Gasteiger partial charge in [0.05, 0.1) is 19.8 Å². The summed E-state index contributed by atoms with van der Waals surface area (Å²) in [6.45, 7) is 5.91. The van der Waals surface area contributed by atoms with Crippen LogP contribution in [-0.2, 0) is 22.5 Å². The van der Waals surface area contributed by atoms with Crippen LogP contribution in [0.1, 0.15) is 23.2 Å². The van der Waals surface area contributed by atoms with Crippen LogP contribution in [0.5, 0.6) is 0 Å². The Morgan fingerprint density at radius 1 is 1.31 bits per heavy atom. The van der Waals surface area contributed by atoms with Gasteiger partial charge in [0.25, 0.3) is 0 Å². The molecule has 1 aliphatic heterocycles. The number of ether oxygens (including phenoxy) is 1. The number of aryl methyl sites for hydroxylation is 3. The Bertz CT molecular complexity index is 758. The molecule has 1 fully saturated rings. The highest BCUT2D eigenvalue weighted by Crippen LogP contribution is 2.25. The van der Waals surface area contributed by atoms with Crippen LogP contribution >= 0.6 is 0 Å². The van der Waals surface area contributed by atoms with Crippen LogP contribution in [0, 0.1) is 13.8 Å². The predicted molar refractivity (Wildman–Crippen MR) is 98.8 cm³/mol. The minimum absolute atomic E-state index is 0.0748. The highest BCUT2D eigenvalue weighted by Gasteiger charge is 2.38. The van der Waals surface area contributed by atoms with Crippen molar-refractivity contribution in [3.63, 3.8) is 0 Å². The molecule has 2 aromatic rings. The Morgan fingerprint density at radius 2 is 2.12 bits per heavy atom. The Kier molecular flexibility index (Phi) is 5.74. The van der Waals surface area contributed by atoms with E-state index in [2.05, 4.69) is 24.2 Å². The number of rotatable bonds is 6. The third kappa shape index (κ3) is 4.14. The Morgan fingerprint density at radius 3 is 2.81 bits per heavy atom. The number of aromatic nitrogens is 2. The first-order valence-electron chi connectivity index (χ1n) is 9.08. The number of amides is 1. The molecule has 140 valence electrons. The Hall–Kier alpha value is -2.18. The molecule has 1 aromatic heterocycles. The van der Waals surface area contributed by atoms with Gasteiger partial charge < -0.3 is 14.7 Å². The molecule has 1 saturated heterocycles. The number of hydrogen-bond acceptors (Lipinski definition) is 4. The van der Waals surface area contributed by atoms with Crippen molar-refractivity contribution >= 4 is 5.91 Å². The smallest absolute Gasteiger partial charge is 0.224 e. The third-order valence-electron chi connectivity index (χ3n) is 5.13. The van der Waals surface area contributed by atoms with Gasteiger partial charge in [0, 0.05) is 37.8 Å². The van der Waals surface area contributed by atoms with Gasteiger partial charge in [-0.05, 0) is 31.0 Å². The molecule has 1 amide bonds. The summed E-state index contributed by atoms with van der Waals surface area (Å²) in [4.78, 5) is 14.5. The third-order valence-corrected chi connectivity index (χ3v) is 5.13. The van der Waals surface area contributed by atoms with Crippen molar-refractivity contribution in [1.29, 1.82) is 0 Å². The Labute approximate surface area is 154 Å². The first-order valence-corrected chi connectivity index (χ1v) is 9.08. The van der Waals surface area contributed by atoms with Crippen LogP contribution < -0.4 is 0 Å². The summed E-state index contributed by atoms with van der Waals surface area (Å²) in [6.07, 6.45) is 2.74. The van der Waals surface area contributed by atoms with Gasteiger partial charge in [0.1, 0.15) is 5.60 Å². The molecule has 0 spiro atoms. The van der Waals surface area contributed by atoms with Crippen molar-refractivity contribution in [3.8, 4) is 0 Å². The zero-order valence-corrected chi connectivity index (χ0v) is 15.5. The van der Waals surface area contributed by atoms with Crippen molar-refractivity contribution in [2.75, 3.05) is 26.3 Å². The summed E-state index contributed by atoms with van der Waals surface area (Å²) in [6, 6.07) is 10.0. The lowest BCUT2D eigenvalue weighted by Gasteiger charge is -2.42. The van der Waals surface area contributed by atoms with Crippen LogP contribution in [-0.4, -0.2) is 57.6 Å². The first-order chi connectivity index (χ1) is 12.5. The van der Waals surface area contributed by atoms with E-state index in [9.17, 15) is 9.90 Å². The number of carbonyl (C=O) groups excluding carboxylic acids is 1. The molecule has 3 rings (SSSR count). The topological polar surface area (TPSA) is 67.6 Å². The fraction of sp³-hybridized carbons (Fsp3) is 0.500. The quantitative estimate of drug-likeness (QED) is 0.855. The van der Waals surface area contributed by atoms with Crippen molar-refractivity contribution in [2.24, 2.45) is 0 Å². The SMILES string of the molecule is Cc1ccccc1C[C@@]1(CO)CN(C(=O)CCn2nccc2C)CCO1. The van der Waals surface area contributed by atoms with Gasteiger partial charge in [-0.2, -0.15) is 5.10 Å². The van der Waals surface area contributed by atoms with E-state index in [1.807, 2.05) is 34.7 Å². The summed E-state index contributed by atoms with van der Waals surface area (Å²) in [5.74, 6) is 0.0748. The number of aliphatic hydroxyl groups excluding tert-OH is 1. The van der Waals surface area contributed by atoms with Crippen LogP contribution in [0.4, 0.5) is 0 Å². The molecular weight excluding hydrogens is 330 g/mol. The molecule has 6 heteroatoms. The number of nitrogens with zero attached hydrogens (tertiary/aromatic N) is 3. The zero-order valence-electron chi connectivity index (χ0n) is 15.5. The average molecular weight is 357 g/mol. The summed E-state index contributed by atoms with van der Waals surface area (Å²) in [5, 5.41) is 14.3. The molecule has 0 unspecified atom stereocenters. The van der Waals surface area contributed by atoms with Gasteiger partial charge in [-0.15, -0.1) is 0 Å². The predicted octanol–water partition coefficient (Wildman–Crippen LogP) is 1.72. The zero-order chi connectivity index (χ0) is 18.6. The van der Waals surface area contributed by atoms with E-state index in [-0.39, 0.29) is 12.5 Å². The molecule has 0 saturated carbocycles. The number of aliphatic hydroxyl groups is 1. The van der Waals surface area contributed by atoms with Crippen LogP contribution in [0.2, 0.25) is 0 Å². The van der Waals surface area contributed by atoms with Crippen LogP contribution in [0.25, 0.3) is 0 Å². The minimum Gasteiger partial charge on any atom is -0.393 e. The molecule has 26 heavy (non-hydrogen) atoms. The molecule has 2 heterocycles. The second kappa shape index (κ2) is 8.01. The molecule has 1 aliphatic rings. The molecule has 0 radical (unpaired) electrons. The van der Waals surface area contributed by atoms with Crippen LogP contribution in [0.15, 0.2) is 36.5 Å². The van der Waals surface area contributed by atoms with E-state index in [4.69, 9.17) is 4.74 Å². The van der Waals surface area contributed by atoms with E-state index in [1.54, 1.807) is 6.20 Å². The Balaban J connectivity index is 1.65. The van der Waals surface area contributed by atoms with Gasteiger partial charge in [-0.3, -0.25) is 9.48 Å². The van der Waals surface area contributed by atoms with Gasteiger partial charge in [0.15, 0.2) is 0 Å². The molecule has 1 atom stereocenters. The lowest BCUT2D eigenvalue weighted by Crippen LogP contribution is -2.57. The van der Waals surface area contributed by atoms with Gasteiger partial charge in [0.2, 0.25) is 5.91 Å². The lowest BCUT2D eigenvalue weighted by molar-refractivity contribution is -0.158. The normalized spacial score (nSPS) is 20.3. The highest BCUT2D eigenvalue weighted by molar-refractivity contribution is 5.76. The maximum atomic E-state index is 12.7. The van der Waals surface area contributed by atoms with Crippen molar-refractivity contribution < 1.29 is 14.6 Å². The second-order valence-electron chi connectivity index (χ2n) is 7.05. The maximum Gasteiger partial charge on any atom is 0.224 e. The second-order valence-corrected chi connectivity index (χ2v) is 7.05. The number of benzene rings is 1. The molecule has 6 nitrogen and oxygen atoms in total. The van der Waals surface area contributed by atoms with Gasteiger partial charge in [-0.1, -0.05) is 24.3 Å². The van der Waals surface area contributed by atoms with E-state index in [0.717, 1.165) is 11.3 Å². The van der Waals surface area contributed by atoms with E-state index >= 15 is 0 Å². The number of hydrogen-bond donors (Lipinski definition) is 1. The number of carbonyl (C=O) groups is 1. The fourth-order valence-corrected chi connectivity index (χ4v) is 3.46. The van der Waals surface area contributed by atoms with E-state index in [1.165, 1.54) is 5.56 Å². The highest BCUT2D eigenvalue weighted by atomic mass is 16.5. The molecule has 0 bridgehead atoms. The van der Waals surface area contributed by atoms with Gasteiger partial charge in [-0.25, -0.2) is 0 Å². The summed E-state index contributed by atoms with van der Waals surface area (Å²) in [5.41, 5.74) is 2.62. The van der Waals surface area contributed by atoms with E-state index < -0.39 is 5.60 Å². The first kappa shape index (κ1) is 18.6. The summed E-state index contributed by atoms with van der Waals surface area (Å²) in [7, 11) is 0.